The summed E-state index contributed by atoms with van der Waals surface area (Å²) in [4.78, 5) is 13.8. The number of nitrogens with zero attached hydrogens (tertiary/aromatic N) is 1. The van der Waals surface area contributed by atoms with Crippen molar-refractivity contribution in [3.8, 4) is 5.75 Å². The zero-order valence-corrected chi connectivity index (χ0v) is 17.5. The quantitative estimate of drug-likeness (QED) is 0.814. The zero-order chi connectivity index (χ0) is 20.2. The number of halogens is 1. The Morgan fingerprint density at radius 1 is 1.26 bits per heavy atom. The summed E-state index contributed by atoms with van der Waals surface area (Å²) in [6.07, 6.45) is 5.45. The predicted octanol–water partition coefficient (Wildman–Crippen LogP) is 4.86. The third-order valence-electron chi connectivity index (χ3n) is 5.00. The van der Waals surface area contributed by atoms with Crippen molar-refractivity contribution in [2.45, 2.75) is 84.3 Å². The Morgan fingerprint density at radius 2 is 1.89 bits per heavy atom. The first-order chi connectivity index (χ1) is 12.7. The zero-order valence-electron chi connectivity index (χ0n) is 17.5. The first-order valence-corrected chi connectivity index (χ1v) is 10.2. The topological polar surface area (TPSA) is 55.6 Å². The molecule has 1 atom stereocenters. The molecule has 0 aromatic heterocycles. The lowest BCUT2D eigenvalue weighted by atomic mass is 9.99. The van der Waals surface area contributed by atoms with Crippen LogP contribution in [0.25, 0.3) is 0 Å². The van der Waals surface area contributed by atoms with Crippen LogP contribution < -0.4 is 10.5 Å². The van der Waals surface area contributed by atoms with E-state index in [0.29, 0.717) is 11.7 Å². The van der Waals surface area contributed by atoms with E-state index in [1.165, 1.54) is 12.5 Å². The van der Waals surface area contributed by atoms with Gasteiger partial charge in [0.05, 0.1) is 5.56 Å². The summed E-state index contributed by atoms with van der Waals surface area (Å²) in [6.45, 7) is 12.8. The first kappa shape index (κ1) is 21.7. The molecule has 0 radical (unpaired) electrons. The molecule has 1 amide bonds. The normalized spacial score (nSPS) is 20.6. The molecule has 5 heteroatoms. The van der Waals surface area contributed by atoms with Crippen molar-refractivity contribution in [3.05, 3.63) is 29.1 Å². The number of primary amides is 1. The van der Waals surface area contributed by atoms with Gasteiger partial charge in [-0.3, -0.25) is 9.69 Å². The van der Waals surface area contributed by atoms with Gasteiger partial charge < -0.3 is 10.5 Å². The highest BCUT2D eigenvalue weighted by Crippen LogP contribution is 2.45. The van der Waals surface area contributed by atoms with E-state index in [-0.39, 0.29) is 17.2 Å². The standard InChI is InChI=1S/C19H27FN2O2.C3H8/c1-19(2,3)22-8-4-5-13(11-22)24-17-10-16(20)15(18(21)23)9-14(17)12-6-7-12;1-3-2/h9-10,12-13H,4-8,11H2,1-3H3,(H2,21,23);3H2,1-2H3. The van der Waals surface area contributed by atoms with Crippen molar-refractivity contribution in [1.82, 2.24) is 4.90 Å². The Bertz CT molecular complexity index is 650. The van der Waals surface area contributed by atoms with Gasteiger partial charge in [0.25, 0.3) is 5.91 Å². The van der Waals surface area contributed by atoms with Crippen LogP contribution in [-0.4, -0.2) is 35.5 Å². The first-order valence-electron chi connectivity index (χ1n) is 10.2. The molecule has 27 heavy (non-hydrogen) atoms. The van der Waals surface area contributed by atoms with Crippen LogP contribution in [0.2, 0.25) is 0 Å². The molecule has 1 saturated heterocycles. The van der Waals surface area contributed by atoms with Crippen LogP contribution in [0.4, 0.5) is 4.39 Å². The lowest BCUT2D eigenvalue weighted by Crippen LogP contribution is -2.50. The third-order valence-corrected chi connectivity index (χ3v) is 5.00. The van der Waals surface area contributed by atoms with E-state index < -0.39 is 11.7 Å². The van der Waals surface area contributed by atoms with E-state index in [9.17, 15) is 9.18 Å². The molecular weight excluding hydrogens is 343 g/mol. The van der Waals surface area contributed by atoms with Crippen LogP contribution in [0.3, 0.4) is 0 Å². The van der Waals surface area contributed by atoms with Crippen LogP contribution in [0.15, 0.2) is 12.1 Å². The summed E-state index contributed by atoms with van der Waals surface area (Å²) >= 11 is 0. The summed E-state index contributed by atoms with van der Waals surface area (Å²) < 4.78 is 20.4. The number of likely N-dealkylation sites (tertiary alicyclic amines) is 1. The fourth-order valence-corrected chi connectivity index (χ4v) is 3.40. The van der Waals surface area contributed by atoms with Crippen LogP contribution in [0, 0.1) is 5.82 Å². The van der Waals surface area contributed by atoms with E-state index in [0.717, 1.165) is 44.3 Å². The maximum atomic E-state index is 14.2. The summed E-state index contributed by atoms with van der Waals surface area (Å²) in [5, 5.41) is 0. The van der Waals surface area contributed by atoms with Gasteiger partial charge in [-0.2, -0.15) is 0 Å². The monoisotopic (exact) mass is 378 g/mol. The molecule has 1 aliphatic heterocycles. The SMILES string of the molecule is CC(C)(C)N1CCCC(Oc2cc(F)c(C(N)=O)cc2C2CC2)C1.CCC. The van der Waals surface area contributed by atoms with Crippen molar-refractivity contribution in [1.29, 1.82) is 0 Å². The molecule has 1 heterocycles. The summed E-state index contributed by atoms with van der Waals surface area (Å²) in [5.41, 5.74) is 6.27. The van der Waals surface area contributed by atoms with Crippen LogP contribution in [-0.2, 0) is 0 Å². The van der Waals surface area contributed by atoms with Gasteiger partial charge in [0, 0.05) is 18.2 Å². The average Bonchev–Trinajstić information content (AvgIpc) is 3.40. The Balaban J connectivity index is 0.000000817. The number of ether oxygens (including phenoxy) is 1. The smallest absolute Gasteiger partial charge is 0.251 e. The molecule has 1 unspecified atom stereocenters. The van der Waals surface area contributed by atoms with Gasteiger partial charge in [-0.15, -0.1) is 0 Å². The number of carbonyl (C=O) groups is 1. The van der Waals surface area contributed by atoms with Crippen LogP contribution >= 0.6 is 0 Å². The van der Waals surface area contributed by atoms with Gasteiger partial charge in [-0.05, 0) is 70.5 Å². The Labute approximate surface area is 163 Å². The van der Waals surface area contributed by atoms with Crippen LogP contribution in [0.1, 0.15) is 88.6 Å². The number of amides is 1. The molecule has 4 nitrogen and oxygen atoms in total. The molecule has 1 aromatic rings. The maximum absolute atomic E-state index is 14.2. The van der Waals surface area contributed by atoms with Crippen molar-refractivity contribution in [2.24, 2.45) is 5.73 Å². The Hall–Kier alpha value is -1.62. The number of nitrogens with two attached hydrogens (primary N) is 1. The predicted molar refractivity (Wildman–Crippen MR) is 108 cm³/mol. The van der Waals surface area contributed by atoms with Gasteiger partial charge in [-0.1, -0.05) is 20.3 Å². The fourth-order valence-electron chi connectivity index (χ4n) is 3.40. The number of rotatable bonds is 4. The highest BCUT2D eigenvalue weighted by Gasteiger charge is 2.32. The Morgan fingerprint density at radius 3 is 2.41 bits per heavy atom. The largest absolute Gasteiger partial charge is 0.489 e. The molecule has 2 fully saturated rings. The highest BCUT2D eigenvalue weighted by molar-refractivity contribution is 5.93. The minimum atomic E-state index is -0.725. The molecule has 3 rings (SSSR count). The van der Waals surface area contributed by atoms with E-state index in [2.05, 4.69) is 39.5 Å². The number of piperidine rings is 1. The molecular formula is C22H35FN2O2. The molecule has 2 aliphatic rings. The Kier molecular flexibility index (Phi) is 7.26. The molecule has 1 saturated carbocycles. The van der Waals surface area contributed by atoms with Gasteiger partial charge in [0.1, 0.15) is 17.7 Å². The average molecular weight is 379 g/mol. The van der Waals surface area contributed by atoms with Gasteiger partial charge in [0.2, 0.25) is 0 Å². The minimum Gasteiger partial charge on any atom is -0.489 e. The highest BCUT2D eigenvalue weighted by atomic mass is 19.1. The number of benzene rings is 1. The lowest BCUT2D eigenvalue weighted by molar-refractivity contribution is 0.0341. The fraction of sp³-hybridized carbons (Fsp3) is 0.682. The number of hydrogen-bond acceptors (Lipinski definition) is 3. The second-order valence-electron chi connectivity index (χ2n) is 8.71. The van der Waals surface area contributed by atoms with Gasteiger partial charge >= 0.3 is 0 Å². The second kappa shape index (κ2) is 9.05. The molecule has 152 valence electrons. The summed E-state index contributed by atoms with van der Waals surface area (Å²) in [5.74, 6) is -0.371. The second-order valence-corrected chi connectivity index (χ2v) is 8.71. The van der Waals surface area contributed by atoms with Crippen molar-refractivity contribution in [3.63, 3.8) is 0 Å². The van der Waals surface area contributed by atoms with E-state index >= 15 is 0 Å². The summed E-state index contributed by atoms with van der Waals surface area (Å²) in [7, 11) is 0. The molecule has 0 bridgehead atoms. The van der Waals surface area contributed by atoms with Crippen LogP contribution in [0.5, 0.6) is 5.75 Å². The molecule has 2 N–H and O–H groups in total. The maximum Gasteiger partial charge on any atom is 0.251 e. The van der Waals surface area contributed by atoms with E-state index in [4.69, 9.17) is 10.5 Å². The number of carbonyl (C=O) groups excluding carboxylic acids is 1. The molecule has 0 spiro atoms. The third kappa shape index (κ3) is 5.93. The van der Waals surface area contributed by atoms with Gasteiger partial charge in [-0.25, -0.2) is 4.39 Å². The van der Waals surface area contributed by atoms with Gasteiger partial charge in [0.15, 0.2) is 0 Å². The molecule has 1 aliphatic carbocycles. The van der Waals surface area contributed by atoms with Crippen molar-refractivity contribution >= 4 is 5.91 Å². The van der Waals surface area contributed by atoms with Crippen molar-refractivity contribution < 1.29 is 13.9 Å². The minimum absolute atomic E-state index is 0.0378. The molecule has 1 aromatic carbocycles. The van der Waals surface area contributed by atoms with E-state index in [1.807, 2.05) is 0 Å². The summed E-state index contributed by atoms with van der Waals surface area (Å²) in [6, 6.07) is 2.94. The number of hydrogen-bond donors (Lipinski definition) is 1. The van der Waals surface area contributed by atoms with Crippen molar-refractivity contribution in [2.75, 3.05) is 13.1 Å². The van der Waals surface area contributed by atoms with E-state index in [1.54, 1.807) is 6.07 Å². The lowest BCUT2D eigenvalue weighted by Gasteiger charge is -2.41.